The Hall–Kier alpha value is -2.56. The minimum atomic E-state index is -0.121. The van der Waals surface area contributed by atoms with Gasteiger partial charge in [0.25, 0.3) is 5.56 Å². The second-order valence-electron chi connectivity index (χ2n) is 4.23. The van der Waals surface area contributed by atoms with Gasteiger partial charge in [0.2, 0.25) is 0 Å². The number of fused-ring (bicyclic) bond motifs is 1. The van der Waals surface area contributed by atoms with Crippen LogP contribution in [0.15, 0.2) is 47.4 Å². The molecule has 0 aliphatic carbocycles. The third kappa shape index (κ3) is 2.10. The minimum Gasteiger partial charge on any atom is -0.497 e. The molecule has 0 bridgehead atoms. The molecule has 0 unspecified atom stereocenters. The average molecular weight is 255 g/mol. The Morgan fingerprint density at radius 2 is 2.21 bits per heavy atom. The van der Waals surface area contributed by atoms with E-state index < -0.39 is 0 Å². The molecule has 96 valence electrons. The molecule has 19 heavy (non-hydrogen) atoms. The summed E-state index contributed by atoms with van der Waals surface area (Å²) in [4.78, 5) is 16.2. The number of benzene rings is 1. The van der Waals surface area contributed by atoms with Crippen molar-refractivity contribution in [2.45, 2.75) is 6.54 Å². The summed E-state index contributed by atoms with van der Waals surface area (Å²) in [6, 6.07) is 11.2. The third-order valence-corrected chi connectivity index (χ3v) is 3.02. The SMILES string of the molecule is COc1ccc2c(c1)c(=O)[nH]n2Cc1ccccn1. The van der Waals surface area contributed by atoms with E-state index in [-0.39, 0.29) is 5.56 Å². The summed E-state index contributed by atoms with van der Waals surface area (Å²) in [5.74, 6) is 0.675. The number of rotatable bonds is 3. The van der Waals surface area contributed by atoms with Gasteiger partial charge in [-0.05, 0) is 30.3 Å². The number of ether oxygens (including phenoxy) is 1. The number of hydrogen-bond acceptors (Lipinski definition) is 3. The molecule has 0 aliphatic rings. The summed E-state index contributed by atoms with van der Waals surface area (Å²) in [6.45, 7) is 0.534. The number of aromatic amines is 1. The molecule has 1 N–H and O–H groups in total. The van der Waals surface area contributed by atoms with E-state index >= 15 is 0 Å². The van der Waals surface area contributed by atoms with Gasteiger partial charge in [-0.15, -0.1) is 0 Å². The predicted octanol–water partition coefficient (Wildman–Crippen LogP) is 1.78. The van der Waals surface area contributed by atoms with Crippen LogP contribution in [0, 0.1) is 0 Å². The van der Waals surface area contributed by atoms with Crippen molar-refractivity contribution in [1.82, 2.24) is 14.8 Å². The number of nitrogens with zero attached hydrogens (tertiary/aromatic N) is 2. The molecule has 2 aromatic heterocycles. The van der Waals surface area contributed by atoms with Crippen molar-refractivity contribution >= 4 is 10.9 Å². The van der Waals surface area contributed by atoms with Gasteiger partial charge in [0.15, 0.2) is 0 Å². The molecule has 0 radical (unpaired) electrons. The maximum Gasteiger partial charge on any atom is 0.272 e. The molecule has 0 fully saturated rings. The fourth-order valence-electron chi connectivity index (χ4n) is 2.08. The summed E-state index contributed by atoms with van der Waals surface area (Å²) in [6.07, 6.45) is 1.74. The second kappa shape index (κ2) is 4.61. The topological polar surface area (TPSA) is 59.9 Å². The molecule has 5 heteroatoms. The Kier molecular flexibility index (Phi) is 2.79. The van der Waals surface area contributed by atoms with Crippen molar-refractivity contribution in [2.75, 3.05) is 7.11 Å². The van der Waals surface area contributed by atoms with E-state index in [0.29, 0.717) is 17.7 Å². The van der Waals surface area contributed by atoms with Gasteiger partial charge in [0.1, 0.15) is 5.75 Å². The molecule has 3 rings (SSSR count). The van der Waals surface area contributed by atoms with E-state index in [9.17, 15) is 4.79 Å². The highest BCUT2D eigenvalue weighted by molar-refractivity contribution is 5.80. The van der Waals surface area contributed by atoms with Crippen LogP contribution in [0.5, 0.6) is 5.75 Å². The Balaban J connectivity index is 2.08. The van der Waals surface area contributed by atoms with E-state index in [4.69, 9.17) is 4.74 Å². The van der Waals surface area contributed by atoms with Gasteiger partial charge >= 0.3 is 0 Å². The van der Waals surface area contributed by atoms with E-state index in [2.05, 4.69) is 10.1 Å². The van der Waals surface area contributed by atoms with Gasteiger partial charge in [-0.3, -0.25) is 19.6 Å². The average Bonchev–Trinajstić information content (AvgIpc) is 2.76. The lowest BCUT2D eigenvalue weighted by Crippen LogP contribution is -2.07. The molecule has 5 nitrogen and oxygen atoms in total. The zero-order valence-electron chi connectivity index (χ0n) is 10.5. The van der Waals surface area contributed by atoms with Gasteiger partial charge in [-0.25, -0.2) is 0 Å². The molecule has 0 spiro atoms. The lowest BCUT2D eigenvalue weighted by molar-refractivity contribution is 0.415. The normalized spacial score (nSPS) is 10.8. The van der Waals surface area contributed by atoms with E-state index in [0.717, 1.165) is 11.2 Å². The largest absolute Gasteiger partial charge is 0.497 e. The van der Waals surface area contributed by atoms with Gasteiger partial charge in [0, 0.05) is 6.20 Å². The molecule has 0 amide bonds. The summed E-state index contributed by atoms with van der Waals surface area (Å²) in [7, 11) is 1.58. The van der Waals surface area contributed by atoms with Crippen LogP contribution in [0.4, 0.5) is 0 Å². The molecular weight excluding hydrogens is 242 g/mol. The van der Waals surface area contributed by atoms with Crippen molar-refractivity contribution in [2.24, 2.45) is 0 Å². The smallest absolute Gasteiger partial charge is 0.272 e. The van der Waals surface area contributed by atoms with Gasteiger partial charge in [-0.1, -0.05) is 6.07 Å². The van der Waals surface area contributed by atoms with Crippen LogP contribution < -0.4 is 10.3 Å². The first kappa shape index (κ1) is 11.5. The number of aromatic nitrogens is 3. The van der Waals surface area contributed by atoms with Crippen molar-refractivity contribution in [3.05, 3.63) is 58.6 Å². The van der Waals surface area contributed by atoms with Crippen LogP contribution in [0.25, 0.3) is 10.9 Å². The van der Waals surface area contributed by atoms with Crippen LogP contribution in [0.1, 0.15) is 5.69 Å². The quantitative estimate of drug-likeness (QED) is 0.776. The van der Waals surface area contributed by atoms with E-state index in [1.54, 1.807) is 24.1 Å². The number of methoxy groups -OCH3 is 1. The van der Waals surface area contributed by atoms with Crippen molar-refractivity contribution in [3.63, 3.8) is 0 Å². The fraction of sp³-hybridized carbons (Fsp3) is 0.143. The van der Waals surface area contributed by atoms with E-state index in [1.807, 2.05) is 30.3 Å². The number of nitrogens with one attached hydrogen (secondary N) is 1. The summed E-state index contributed by atoms with van der Waals surface area (Å²) >= 11 is 0. The molecule has 3 aromatic rings. The Bertz CT molecular complexity index is 759. The lowest BCUT2D eigenvalue weighted by Gasteiger charge is -2.04. The highest BCUT2D eigenvalue weighted by atomic mass is 16.5. The maximum absolute atomic E-state index is 11.9. The third-order valence-electron chi connectivity index (χ3n) is 3.02. The Labute approximate surface area is 109 Å². The lowest BCUT2D eigenvalue weighted by atomic mass is 10.2. The maximum atomic E-state index is 11.9. The number of H-pyrrole nitrogens is 1. The molecule has 0 saturated carbocycles. The van der Waals surface area contributed by atoms with Gasteiger partial charge < -0.3 is 4.74 Å². The van der Waals surface area contributed by atoms with Crippen molar-refractivity contribution in [3.8, 4) is 5.75 Å². The standard InChI is InChI=1S/C14H13N3O2/c1-19-11-5-6-13-12(8-11)14(18)16-17(13)9-10-4-2-3-7-15-10/h2-8H,9H2,1H3,(H,16,18). The summed E-state index contributed by atoms with van der Waals surface area (Å²) in [5.41, 5.74) is 1.62. The predicted molar refractivity (Wildman–Crippen MR) is 72.4 cm³/mol. The van der Waals surface area contributed by atoms with Gasteiger partial charge in [0.05, 0.1) is 30.3 Å². The highest BCUT2D eigenvalue weighted by Gasteiger charge is 2.08. The first-order valence-corrected chi connectivity index (χ1v) is 5.94. The van der Waals surface area contributed by atoms with Crippen molar-refractivity contribution < 1.29 is 4.74 Å². The van der Waals surface area contributed by atoms with E-state index in [1.165, 1.54) is 0 Å². The summed E-state index contributed by atoms with van der Waals surface area (Å²) in [5, 5.41) is 3.44. The zero-order chi connectivity index (χ0) is 13.2. The van der Waals surface area contributed by atoms with Crippen LogP contribution in [0.3, 0.4) is 0 Å². The first-order valence-electron chi connectivity index (χ1n) is 5.94. The zero-order valence-corrected chi connectivity index (χ0v) is 10.5. The summed E-state index contributed by atoms with van der Waals surface area (Å²) < 4.78 is 6.92. The number of pyridine rings is 1. The Morgan fingerprint density at radius 3 is 2.95 bits per heavy atom. The van der Waals surface area contributed by atoms with Crippen molar-refractivity contribution in [1.29, 1.82) is 0 Å². The minimum absolute atomic E-state index is 0.121. The molecule has 1 aromatic carbocycles. The first-order chi connectivity index (χ1) is 9.28. The molecule has 0 aliphatic heterocycles. The Morgan fingerprint density at radius 1 is 1.32 bits per heavy atom. The van der Waals surface area contributed by atoms with Gasteiger partial charge in [-0.2, -0.15) is 0 Å². The van der Waals surface area contributed by atoms with Crippen LogP contribution in [-0.2, 0) is 6.54 Å². The second-order valence-corrected chi connectivity index (χ2v) is 4.23. The highest BCUT2D eigenvalue weighted by Crippen LogP contribution is 2.18. The van der Waals surface area contributed by atoms with Crippen LogP contribution in [-0.4, -0.2) is 21.9 Å². The fourth-order valence-corrected chi connectivity index (χ4v) is 2.08. The molecule has 2 heterocycles. The van der Waals surface area contributed by atoms with Crippen LogP contribution in [0.2, 0.25) is 0 Å². The number of hydrogen-bond donors (Lipinski definition) is 1. The monoisotopic (exact) mass is 255 g/mol. The molecule has 0 saturated heterocycles. The molecular formula is C14H13N3O2. The van der Waals surface area contributed by atoms with Crippen LogP contribution >= 0.6 is 0 Å². The molecule has 0 atom stereocenters.